The highest BCUT2D eigenvalue weighted by molar-refractivity contribution is 5.86. The van der Waals surface area contributed by atoms with Gasteiger partial charge in [-0.3, -0.25) is 0 Å². The predicted molar refractivity (Wildman–Crippen MR) is 83.3 cm³/mol. The molecule has 0 saturated heterocycles. The molecule has 0 aromatic carbocycles. The summed E-state index contributed by atoms with van der Waals surface area (Å²) in [5.41, 5.74) is -1.35. The highest BCUT2D eigenvalue weighted by atomic mass is 16.4. The molecule has 1 aliphatic carbocycles. The molecule has 1 fully saturated rings. The second-order valence-electron chi connectivity index (χ2n) is 6.51. The highest BCUT2D eigenvalue weighted by Crippen LogP contribution is 2.32. The molecule has 5 heteroatoms. The van der Waals surface area contributed by atoms with Gasteiger partial charge in [-0.2, -0.15) is 0 Å². The zero-order valence-electron chi connectivity index (χ0n) is 13.8. The third-order valence-electron chi connectivity index (χ3n) is 5.17. The predicted octanol–water partition coefficient (Wildman–Crippen LogP) is 3.29. The van der Waals surface area contributed by atoms with E-state index in [1.807, 2.05) is 27.7 Å². The lowest BCUT2D eigenvalue weighted by Gasteiger charge is -2.39. The number of hydrogen-bond donors (Lipinski definition) is 3. The van der Waals surface area contributed by atoms with Crippen LogP contribution in [0.4, 0.5) is 4.79 Å². The Hall–Kier alpha value is -1.26. The summed E-state index contributed by atoms with van der Waals surface area (Å²) in [4.78, 5) is 24.0. The molecule has 1 saturated carbocycles. The van der Waals surface area contributed by atoms with E-state index in [2.05, 4.69) is 10.6 Å². The Labute approximate surface area is 127 Å². The number of hydrogen-bond acceptors (Lipinski definition) is 2. The van der Waals surface area contributed by atoms with Gasteiger partial charge in [0.05, 0.1) is 0 Å². The van der Waals surface area contributed by atoms with E-state index < -0.39 is 11.5 Å². The van der Waals surface area contributed by atoms with Crippen molar-refractivity contribution in [3.05, 3.63) is 0 Å². The zero-order chi connectivity index (χ0) is 16.1. The molecule has 0 heterocycles. The first-order chi connectivity index (χ1) is 9.83. The van der Waals surface area contributed by atoms with Crippen molar-refractivity contribution in [3.63, 3.8) is 0 Å². The van der Waals surface area contributed by atoms with Gasteiger partial charge in [0.25, 0.3) is 0 Å². The smallest absolute Gasteiger partial charge is 0.329 e. The fraction of sp³-hybridized carbons (Fsp3) is 0.875. The number of carbonyl (C=O) groups is 2. The Morgan fingerprint density at radius 3 is 2.24 bits per heavy atom. The van der Waals surface area contributed by atoms with E-state index in [1.165, 1.54) is 0 Å². The first-order valence-electron chi connectivity index (χ1n) is 8.16. The Morgan fingerprint density at radius 2 is 1.81 bits per heavy atom. The van der Waals surface area contributed by atoms with Crippen LogP contribution in [0.15, 0.2) is 0 Å². The lowest BCUT2D eigenvalue weighted by atomic mass is 9.76. The Bertz CT molecular complexity index is 371. The Balaban J connectivity index is 2.80. The van der Waals surface area contributed by atoms with Crippen LogP contribution in [0.5, 0.6) is 0 Å². The normalized spacial score (nSPS) is 26.2. The molecule has 2 amide bonds. The molecule has 1 aliphatic rings. The summed E-state index contributed by atoms with van der Waals surface area (Å²) >= 11 is 0. The maximum atomic E-state index is 12.3. The van der Waals surface area contributed by atoms with Crippen molar-refractivity contribution >= 4 is 12.0 Å². The number of carbonyl (C=O) groups excluding carboxylic acids is 1. The van der Waals surface area contributed by atoms with Crippen LogP contribution in [0.2, 0.25) is 0 Å². The van der Waals surface area contributed by atoms with Crippen molar-refractivity contribution < 1.29 is 14.7 Å². The number of amides is 2. The standard InChI is InChI=1S/C16H30N2O3/c1-5-15(6-2,7-3)17-14(21)18-16(13(19)20)10-8-9-12(4)11-16/h12H,5-11H2,1-4H3,(H,19,20)(H2,17,18,21). The van der Waals surface area contributed by atoms with Crippen molar-refractivity contribution in [1.29, 1.82) is 0 Å². The summed E-state index contributed by atoms with van der Waals surface area (Å²) < 4.78 is 0. The molecular weight excluding hydrogens is 268 g/mol. The summed E-state index contributed by atoms with van der Waals surface area (Å²) in [5.74, 6) is -0.595. The zero-order valence-corrected chi connectivity index (χ0v) is 13.8. The van der Waals surface area contributed by atoms with E-state index in [0.29, 0.717) is 18.8 Å². The molecule has 0 radical (unpaired) electrons. The van der Waals surface area contributed by atoms with E-state index in [9.17, 15) is 14.7 Å². The lowest BCUT2D eigenvalue weighted by molar-refractivity contribution is -0.146. The fourth-order valence-corrected chi connectivity index (χ4v) is 3.42. The van der Waals surface area contributed by atoms with Gasteiger partial charge in [-0.25, -0.2) is 9.59 Å². The quantitative estimate of drug-likeness (QED) is 0.704. The molecule has 0 spiro atoms. The minimum absolute atomic E-state index is 0.246. The van der Waals surface area contributed by atoms with Crippen LogP contribution in [0.1, 0.15) is 72.6 Å². The maximum absolute atomic E-state index is 12.3. The third kappa shape index (κ3) is 4.11. The molecule has 0 bridgehead atoms. The first kappa shape index (κ1) is 17.8. The molecule has 0 aliphatic heterocycles. The molecule has 2 unspecified atom stereocenters. The van der Waals surface area contributed by atoms with Gasteiger partial charge in [-0.1, -0.05) is 40.5 Å². The third-order valence-corrected chi connectivity index (χ3v) is 5.17. The van der Waals surface area contributed by atoms with Crippen LogP contribution in [0, 0.1) is 5.92 Å². The van der Waals surface area contributed by atoms with Gasteiger partial charge in [-0.05, 0) is 38.0 Å². The number of urea groups is 1. The maximum Gasteiger partial charge on any atom is 0.329 e. The molecular formula is C16H30N2O3. The largest absolute Gasteiger partial charge is 0.480 e. The van der Waals surface area contributed by atoms with Gasteiger partial charge >= 0.3 is 12.0 Å². The highest BCUT2D eigenvalue weighted by Gasteiger charge is 2.43. The van der Waals surface area contributed by atoms with Crippen LogP contribution in [0.25, 0.3) is 0 Å². The summed E-state index contributed by atoms with van der Waals surface area (Å²) in [6, 6.07) is -0.350. The summed E-state index contributed by atoms with van der Waals surface area (Å²) in [6.45, 7) is 8.18. The second-order valence-corrected chi connectivity index (χ2v) is 6.51. The van der Waals surface area contributed by atoms with Crippen LogP contribution in [-0.2, 0) is 4.79 Å². The van der Waals surface area contributed by atoms with Crippen molar-refractivity contribution in [3.8, 4) is 0 Å². The molecule has 0 aromatic rings. The Morgan fingerprint density at radius 1 is 1.24 bits per heavy atom. The second kappa shape index (κ2) is 7.14. The molecule has 1 rings (SSSR count). The van der Waals surface area contributed by atoms with E-state index >= 15 is 0 Å². The van der Waals surface area contributed by atoms with E-state index in [-0.39, 0.29) is 11.6 Å². The molecule has 3 N–H and O–H groups in total. The topological polar surface area (TPSA) is 78.4 Å². The van der Waals surface area contributed by atoms with Crippen LogP contribution >= 0.6 is 0 Å². The lowest BCUT2D eigenvalue weighted by Crippen LogP contribution is -2.62. The van der Waals surface area contributed by atoms with Crippen LogP contribution in [0.3, 0.4) is 0 Å². The average Bonchev–Trinajstić information content (AvgIpc) is 2.44. The first-order valence-corrected chi connectivity index (χ1v) is 8.16. The number of nitrogens with one attached hydrogen (secondary N) is 2. The summed E-state index contributed by atoms with van der Waals surface area (Å²) in [6.07, 6.45) is 5.40. The van der Waals surface area contributed by atoms with Gasteiger partial charge in [0.2, 0.25) is 0 Å². The number of rotatable bonds is 6. The SMILES string of the molecule is CCC(CC)(CC)NC(=O)NC1(C(=O)O)CCCC(C)C1. The van der Waals surface area contributed by atoms with Crippen LogP contribution < -0.4 is 10.6 Å². The molecule has 5 nitrogen and oxygen atoms in total. The number of carboxylic acids is 1. The van der Waals surface area contributed by atoms with E-state index in [1.54, 1.807) is 0 Å². The van der Waals surface area contributed by atoms with Gasteiger partial charge in [0.15, 0.2) is 0 Å². The minimum Gasteiger partial charge on any atom is -0.480 e. The fourth-order valence-electron chi connectivity index (χ4n) is 3.42. The van der Waals surface area contributed by atoms with Crippen molar-refractivity contribution in [2.45, 2.75) is 83.7 Å². The van der Waals surface area contributed by atoms with Gasteiger partial charge < -0.3 is 15.7 Å². The van der Waals surface area contributed by atoms with Crippen molar-refractivity contribution in [2.75, 3.05) is 0 Å². The molecule has 2 atom stereocenters. The monoisotopic (exact) mass is 298 g/mol. The van der Waals surface area contributed by atoms with Crippen molar-refractivity contribution in [1.82, 2.24) is 10.6 Å². The van der Waals surface area contributed by atoms with Gasteiger partial charge in [0, 0.05) is 5.54 Å². The van der Waals surface area contributed by atoms with Crippen LogP contribution in [-0.4, -0.2) is 28.2 Å². The molecule has 21 heavy (non-hydrogen) atoms. The number of carboxylic acid groups (broad SMARTS) is 1. The van der Waals surface area contributed by atoms with Crippen molar-refractivity contribution in [2.24, 2.45) is 5.92 Å². The molecule has 0 aromatic heterocycles. The molecule has 122 valence electrons. The summed E-state index contributed by atoms with van der Waals surface area (Å²) in [7, 11) is 0. The minimum atomic E-state index is -1.11. The average molecular weight is 298 g/mol. The van der Waals surface area contributed by atoms with Gasteiger partial charge in [0.1, 0.15) is 5.54 Å². The van der Waals surface area contributed by atoms with E-state index in [0.717, 1.165) is 32.1 Å². The van der Waals surface area contributed by atoms with E-state index in [4.69, 9.17) is 0 Å². The Kier molecular flexibility index (Phi) is 6.05. The van der Waals surface area contributed by atoms with Gasteiger partial charge in [-0.15, -0.1) is 0 Å². The number of aliphatic carboxylic acids is 1. The summed E-state index contributed by atoms with van der Waals surface area (Å²) in [5, 5.41) is 15.4.